The van der Waals surface area contributed by atoms with Crippen molar-refractivity contribution in [1.29, 1.82) is 0 Å². The van der Waals surface area contributed by atoms with E-state index < -0.39 is 5.82 Å². The Morgan fingerprint density at radius 3 is 1.79 bits per heavy atom. The lowest BCUT2D eigenvalue weighted by Gasteiger charge is -2.26. The first-order chi connectivity index (χ1) is 13.9. The minimum atomic E-state index is -0.490. The summed E-state index contributed by atoms with van der Waals surface area (Å²) in [6, 6.07) is 14.6. The average molecular weight is 394 g/mol. The second kappa shape index (κ2) is 8.06. The number of hydrogen-bond donors (Lipinski definition) is 0. The normalized spacial score (nSPS) is 19.3. The number of halogens is 3. The monoisotopic (exact) mass is 394 g/mol. The summed E-state index contributed by atoms with van der Waals surface area (Å²) in [7, 11) is 0. The quantitative estimate of drug-likeness (QED) is 0.422. The molecule has 0 aromatic heterocycles. The zero-order chi connectivity index (χ0) is 20.5. The van der Waals surface area contributed by atoms with Crippen LogP contribution in [-0.4, -0.2) is 0 Å². The fraction of sp³-hybridized carbons (Fsp3) is 0.308. The van der Waals surface area contributed by atoms with Crippen LogP contribution in [0.5, 0.6) is 0 Å². The smallest absolute Gasteiger partial charge is 0.131 e. The van der Waals surface area contributed by atoms with E-state index >= 15 is 0 Å². The Balaban J connectivity index is 1.61. The standard InChI is InChI=1S/C26H25F3/c1-16-3-6-18(7-4-16)19-9-11-22(25(28)13-19)21-10-12-23(26(29)15-21)20-8-5-17(2)24(27)14-20/h5,8-16,18H,3-4,6-7H2,1-2H3. The molecule has 0 spiro atoms. The van der Waals surface area contributed by atoms with E-state index in [0.29, 0.717) is 33.7 Å². The van der Waals surface area contributed by atoms with Crippen LogP contribution in [0.3, 0.4) is 0 Å². The molecule has 4 rings (SSSR count). The molecule has 0 unspecified atom stereocenters. The van der Waals surface area contributed by atoms with Gasteiger partial charge in [0.1, 0.15) is 17.5 Å². The summed E-state index contributed by atoms with van der Waals surface area (Å²) in [5.74, 6) is -0.0287. The van der Waals surface area contributed by atoms with Gasteiger partial charge in [-0.05, 0) is 72.1 Å². The highest BCUT2D eigenvalue weighted by Crippen LogP contribution is 2.37. The van der Waals surface area contributed by atoms with Gasteiger partial charge in [-0.15, -0.1) is 0 Å². The molecule has 1 aliphatic rings. The molecule has 0 saturated heterocycles. The molecule has 0 atom stereocenters. The summed E-state index contributed by atoms with van der Waals surface area (Å²) in [6.07, 6.45) is 4.55. The Labute approximate surface area is 170 Å². The first kappa shape index (κ1) is 19.8. The maximum atomic E-state index is 14.8. The number of hydrogen-bond acceptors (Lipinski definition) is 0. The molecule has 3 aromatic rings. The minimum absolute atomic E-state index is 0.306. The molecular formula is C26H25F3. The van der Waals surface area contributed by atoms with Gasteiger partial charge in [-0.3, -0.25) is 0 Å². The van der Waals surface area contributed by atoms with E-state index in [2.05, 4.69) is 6.92 Å². The molecule has 1 aliphatic carbocycles. The third-order valence-corrected chi connectivity index (χ3v) is 6.24. The van der Waals surface area contributed by atoms with E-state index in [1.807, 2.05) is 6.07 Å². The molecular weight excluding hydrogens is 369 g/mol. The van der Waals surface area contributed by atoms with Crippen molar-refractivity contribution in [2.75, 3.05) is 0 Å². The van der Waals surface area contributed by atoms with Crippen LogP contribution in [0, 0.1) is 30.3 Å². The van der Waals surface area contributed by atoms with Gasteiger partial charge in [-0.1, -0.05) is 56.2 Å². The van der Waals surface area contributed by atoms with Gasteiger partial charge in [0.15, 0.2) is 0 Å². The molecule has 0 amide bonds. The van der Waals surface area contributed by atoms with Crippen LogP contribution in [-0.2, 0) is 0 Å². The van der Waals surface area contributed by atoms with Crippen LogP contribution in [0.1, 0.15) is 49.7 Å². The summed E-state index contributed by atoms with van der Waals surface area (Å²) >= 11 is 0. The number of rotatable bonds is 3. The zero-order valence-corrected chi connectivity index (χ0v) is 16.8. The van der Waals surface area contributed by atoms with E-state index in [4.69, 9.17) is 0 Å². The van der Waals surface area contributed by atoms with Crippen LogP contribution in [0.2, 0.25) is 0 Å². The van der Waals surface area contributed by atoms with Gasteiger partial charge in [-0.25, -0.2) is 13.2 Å². The van der Waals surface area contributed by atoms with Gasteiger partial charge in [0.25, 0.3) is 0 Å². The Kier molecular flexibility index (Phi) is 5.49. The third kappa shape index (κ3) is 4.10. The second-order valence-corrected chi connectivity index (χ2v) is 8.35. The van der Waals surface area contributed by atoms with Gasteiger partial charge in [0.2, 0.25) is 0 Å². The average Bonchev–Trinajstić information content (AvgIpc) is 2.70. The lowest BCUT2D eigenvalue weighted by Crippen LogP contribution is -2.11. The Hall–Kier alpha value is -2.55. The van der Waals surface area contributed by atoms with Gasteiger partial charge >= 0.3 is 0 Å². The summed E-state index contributed by atoms with van der Waals surface area (Å²) in [5, 5.41) is 0. The fourth-order valence-corrected chi connectivity index (χ4v) is 4.29. The number of benzene rings is 3. The molecule has 0 aliphatic heterocycles. The largest absolute Gasteiger partial charge is 0.207 e. The van der Waals surface area contributed by atoms with Crippen molar-refractivity contribution >= 4 is 0 Å². The molecule has 1 saturated carbocycles. The molecule has 3 aromatic carbocycles. The Morgan fingerprint density at radius 2 is 1.21 bits per heavy atom. The topological polar surface area (TPSA) is 0 Å². The van der Waals surface area contributed by atoms with Gasteiger partial charge in [-0.2, -0.15) is 0 Å². The predicted molar refractivity (Wildman–Crippen MR) is 112 cm³/mol. The third-order valence-electron chi connectivity index (χ3n) is 6.24. The lowest BCUT2D eigenvalue weighted by atomic mass is 9.79. The van der Waals surface area contributed by atoms with Crippen LogP contribution in [0.4, 0.5) is 13.2 Å². The van der Waals surface area contributed by atoms with Crippen LogP contribution in [0.25, 0.3) is 22.3 Å². The molecule has 0 radical (unpaired) electrons. The molecule has 1 fully saturated rings. The van der Waals surface area contributed by atoms with E-state index in [9.17, 15) is 13.2 Å². The SMILES string of the molecule is Cc1ccc(-c2ccc(-c3ccc(C4CCC(C)CC4)cc3F)cc2F)cc1F. The highest BCUT2D eigenvalue weighted by molar-refractivity contribution is 5.71. The van der Waals surface area contributed by atoms with E-state index in [0.717, 1.165) is 24.3 Å². The summed E-state index contributed by atoms with van der Waals surface area (Å²) in [6.45, 7) is 3.93. The maximum Gasteiger partial charge on any atom is 0.131 e. The first-order valence-corrected chi connectivity index (χ1v) is 10.3. The van der Waals surface area contributed by atoms with E-state index in [-0.39, 0.29) is 11.6 Å². The Morgan fingerprint density at radius 1 is 0.655 bits per heavy atom. The van der Waals surface area contributed by atoms with Crippen LogP contribution in [0.15, 0.2) is 54.6 Å². The number of aryl methyl sites for hydroxylation is 1. The summed E-state index contributed by atoms with van der Waals surface area (Å²) < 4.78 is 43.4. The Bertz CT molecular complexity index is 1030. The van der Waals surface area contributed by atoms with Crippen molar-refractivity contribution in [3.8, 4) is 22.3 Å². The highest BCUT2D eigenvalue weighted by atomic mass is 19.1. The second-order valence-electron chi connectivity index (χ2n) is 8.35. The molecule has 0 bridgehead atoms. The summed E-state index contributed by atoms with van der Waals surface area (Å²) in [5.41, 5.74) is 3.20. The van der Waals surface area contributed by atoms with Crippen molar-refractivity contribution in [2.45, 2.75) is 45.4 Å². The molecule has 0 heterocycles. The van der Waals surface area contributed by atoms with Crippen LogP contribution >= 0.6 is 0 Å². The van der Waals surface area contributed by atoms with Crippen molar-refractivity contribution in [3.05, 3.63) is 83.2 Å². The van der Waals surface area contributed by atoms with Crippen LogP contribution < -0.4 is 0 Å². The molecule has 29 heavy (non-hydrogen) atoms. The van der Waals surface area contributed by atoms with Gasteiger partial charge < -0.3 is 0 Å². The van der Waals surface area contributed by atoms with Crippen molar-refractivity contribution in [2.24, 2.45) is 5.92 Å². The molecule has 0 nitrogen and oxygen atoms in total. The molecule has 0 N–H and O–H groups in total. The van der Waals surface area contributed by atoms with E-state index in [1.165, 1.54) is 25.0 Å². The first-order valence-electron chi connectivity index (χ1n) is 10.3. The predicted octanol–water partition coefficient (Wildman–Crippen LogP) is 8.04. The maximum absolute atomic E-state index is 14.8. The lowest BCUT2D eigenvalue weighted by molar-refractivity contribution is 0.347. The minimum Gasteiger partial charge on any atom is -0.207 e. The van der Waals surface area contributed by atoms with Gasteiger partial charge in [0.05, 0.1) is 0 Å². The highest BCUT2D eigenvalue weighted by Gasteiger charge is 2.21. The van der Waals surface area contributed by atoms with E-state index in [1.54, 1.807) is 43.3 Å². The van der Waals surface area contributed by atoms with Crippen molar-refractivity contribution in [3.63, 3.8) is 0 Å². The van der Waals surface area contributed by atoms with Crippen molar-refractivity contribution in [1.82, 2.24) is 0 Å². The fourth-order valence-electron chi connectivity index (χ4n) is 4.29. The molecule has 3 heteroatoms. The zero-order valence-electron chi connectivity index (χ0n) is 16.8. The summed E-state index contributed by atoms with van der Waals surface area (Å²) in [4.78, 5) is 0. The van der Waals surface area contributed by atoms with Gasteiger partial charge in [0, 0.05) is 11.1 Å². The van der Waals surface area contributed by atoms with Crippen molar-refractivity contribution < 1.29 is 13.2 Å². The molecule has 150 valence electrons.